The van der Waals surface area contributed by atoms with Gasteiger partial charge in [-0.05, 0) is 55.2 Å². The lowest BCUT2D eigenvalue weighted by atomic mass is 9.86. The van der Waals surface area contributed by atoms with Gasteiger partial charge in [0.2, 0.25) is 0 Å². The first-order chi connectivity index (χ1) is 14.7. The zero-order valence-corrected chi connectivity index (χ0v) is 18.6. The lowest BCUT2D eigenvalue weighted by Crippen LogP contribution is -2.31. The molecule has 2 heterocycles. The number of fused-ring (bicyclic) bond motifs is 1. The number of rotatable bonds is 4. The van der Waals surface area contributed by atoms with Gasteiger partial charge in [0.05, 0.1) is 6.54 Å². The normalized spacial score (nSPS) is 11.6. The van der Waals surface area contributed by atoms with Crippen LogP contribution in [0.15, 0.2) is 60.7 Å². The zero-order valence-electron chi connectivity index (χ0n) is 18.6. The SMILES string of the molecule is Cc1cc(C)n2nc(CN(C(=O)c3ccc(C(C)(C)C)cc3)c3ccccc3)nc2n1. The van der Waals surface area contributed by atoms with E-state index in [0.717, 1.165) is 17.1 Å². The van der Waals surface area contributed by atoms with Crippen LogP contribution in [0.1, 0.15) is 53.9 Å². The van der Waals surface area contributed by atoms with Crippen LogP contribution in [-0.4, -0.2) is 25.5 Å². The number of aryl methyl sites for hydroxylation is 2. The fourth-order valence-electron chi connectivity index (χ4n) is 3.57. The van der Waals surface area contributed by atoms with Gasteiger partial charge in [-0.3, -0.25) is 4.79 Å². The first-order valence-corrected chi connectivity index (χ1v) is 10.4. The summed E-state index contributed by atoms with van der Waals surface area (Å²) in [6, 6.07) is 19.4. The Morgan fingerprint density at radius 1 is 0.968 bits per heavy atom. The van der Waals surface area contributed by atoms with Crippen LogP contribution in [-0.2, 0) is 12.0 Å². The monoisotopic (exact) mass is 413 g/mol. The molecule has 4 rings (SSSR count). The molecule has 0 fully saturated rings. The van der Waals surface area contributed by atoms with E-state index in [1.807, 2.05) is 74.5 Å². The molecule has 0 saturated heterocycles. The smallest absolute Gasteiger partial charge is 0.258 e. The van der Waals surface area contributed by atoms with Gasteiger partial charge in [0, 0.05) is 22.6 Å². The van der Waals surface area contributed by atoms with Gasteiger partial charge in [-0.25, -0.2) is 9.50 Å². The van der Waals surface area contributed by atoms with Crippen LogP contribution in [0.3, 0.4) is 0 Å². The summed E-state index contributed by atoms with van der Waals surface area (Å²) in [7, 11) is 0. The van der Waals surface area contributed by atoms with Gasteiger partial charge in [0.1, 0.15) is 0 Å². The van der Waals surface area contributed by atoms with Crippen LogP contribution >= 0.6 is 0 Å². The fraction of sp³-hybridized carbons (Fsp3) is 0.280. The van der Waals surface area contributed by atoms with Crippen molar-refractivity contribution in [1.29, 1.82) is 0 Å². The quantitative estimate of drug-likeness (QED) is 0.478. The van der Waals surface area contributed by atoms with Gasteiger partial charge < -0.3 is 4.90 Å². The number of benzene rings is 2. The number of aromatic nitrogens is 4. The minimum absolute atomic E-state index is 0.0319. The molecule has 0 aliphatic rings. The second kappa shape index (κ2) is 7.95. The molecular weight excluding hydrogens is 386 g/mol. The van der Waals surface area contributed by atoms with Crippen molar-refractivity contribution >= 4 is 17.4 Å². The molecule has 31 heavy (non-hydrogen) atoms. The van der Waals surface area contributed by atoms with E-state index in [9.17, 15) is 4.79 Å². The van der Waals surface area contributed by atoms with E-state index in [4.69, 9.17) is 0 Å². The lowest BCUT2D eigenvalue weighted by molar-refractivity contribution is 0.0984. The predicted octanol–water partition coefficient (Wildman–Crippen LogP) is 4.89. The Balaban J connectivity index is 1.70. The molecule has 0 bridgehead atoms. The number of hydrogen-bond acceptors (Lipinski definition) is 4. The number of carbonyl (C=O) groups is 1. The van der Waals surface area contributed by atoms with Crippen molar-refractivity contribution in [3.63, 3.8) is 0 Å². The van der Waals surface area contributed by atoms with Crippen molar-refractivity contribution in [3.8, 4) is 0 Å². The van der Waals surface area contributed by atoms with E-state index in [0.29, 0.717) is 17.2 Å². The first-order valence-electron chi connectivity index (χ1n) is 10.4. The molecule has 0 atom stereocenters. The highest BCUT2D eigenvalue weighted by Gasteiger charge is 2.22. The summed E-state index contributed by atoms with van der Waals surface area (Å²) in [6.07, 6.45) is 0. The second-order valence-corrected chi connectivity index (χ2v) is 8.83. The summed E-state index contributed by atoms with van der Waals surface area (Å²) < 4.78 is 1.72. The predicted molar refractivity (Wildman–Crippen MR) is 122 cm³/mol. The van der Waals surface area contributed by atoms with E-state index in [1.165, 1.54) is 5.56 Å². The van der Waals surface area contributed by atoms with Gasteiger partial charge >= 0.3 is 0 Å². The molecule has 1 amide bonds. The van der Waals surface area contributed by atoms with E-state index in [2.05, 4.69) is 35.8 Å². The highest BCUT2D eigenvalue weighted by Crippen LogP contribution is 2.24. The summed E-state index contributed by atoms with van der Waals surface area (Å²) >= 11 is 0. The van der Waals surface area contributed by atoms with Crippen LogP contribution in [0.25, 0.3) is 5.78 Å². The largest absolute Gasteiger partial charge is 0.301 e. The third-order valence-corrected chi connectivity index (χ3v) is 5.27. The molecule has 6 heteroatoms. The Bertz CT molecular complexity index is 1220. The molecule has 0 saturated carbocycles. The maximum absolute atomic E-state index is 13.5. The maximum Gasteiger partial charge on any atom is 0.258 e. The van der Waals surface area contributed by atoms with Crippen molar-refractivity contribution in [2.24, 2.45) is 0 Å². The number of amides is 1. The van der Waals surface area contributed by atoms with Crippen molar-refractivity contribution < 1.29 is 4.79 Å². The third-order valence-electron chi connectivity index (χ3n) is 5.27. The molecule has 2 aromatic carbocycles. The summed E-state index contributed by atoms with van der Waals surface area (Å²) in [6.45, 7) is 10.6. The highest BCUT2D eigenvalue weighted by atomic mass is 16.2. The molecule has 4 aromatic rings. The number of para-hydroxylation sites is 1. The van der Waals surface area contributed by atoms with Crippen LogP contribution in [0, 0.1) is 13.8 Å². The highest BCUT2D eigenvalue weighted by molar-refractivity contribution is 6.06. The van der Waals surface area contributed by atoms with E-state index >= 15 is 0 Å². The zero-order chi connectivity index (χ0) is 22.2. The van der Waals surface area contributed by atoms with Crippen LogP contribution < -0.4 is 4.90 Å². The second-order valence-electron chi connectivity index (χ2n) is 8.83. The van der Waals surface area contributed by atoms with Gasteiger partial charge in [0.25, 0.3) is 11.7 Å². The van der Waals surface area contributed by atoms with Gasteiger partial charge in [0.15, 0.2) is 5.82 Å². The molecule has 158 valence electrons. The van der Waals surface area contributed by atoms with Crippen molar-refractivity contribution in [1.82, 2.24) is 19.6 Å². The summed E-state index contributed by atoms with van der Waals surface area (Å²) in [5.41, 5.74) is 4.49. The summed E-state index contributed by atoms with van der Waals surface area (Å²) in [4.78, 5) is 24.2. The van der Waals surface area contributed by atoms with E-state index in [-0.39, 0.29) is 17.9 Å². The molecule has 0 radical (unpaired) electrons. The Morgan fingerprint density at radius 2 is 1.65 bits per heavy atom. The van der Waals surface area contributed by atoms with Crippen LogP contribution in [0.4, 0.5) is 5.69 Å². The number of anilines is 1. The molecule has 6 nitrogen and oxygen atoms in total. The van der Waals surface area contributed by atoms with Gasteiger partial charge in [-0.2, -0.15) is 4.98 Å². The van der Waals surface area contributed by atoms with Crippen molar-refractivity contribution in [2.45, 2.75) is 46.6 Å². The molecule has 0 unspecified atom stereocenters. The maximum atomic E-state index is 13.5. The third kappa shape index (κ3) is 4.33. The Morgan fingerprint density at radius 3 is 2.29 bits per heavy atom. The Labute approximate surface area is 182 Å². The average molecular weight is 414 g/mol. The topological polar surface area (TPSA) is 63.4 Å². The fourth-order valence-corrected chi connectivity index (χ4v) is 3.57. The van der Waals surface area contributed by atoms with E-state index in [1.54, 1.807) is 9.42 Å². The molecule has 0 spiro atoms. The minimum atomic E-state index is -0.0913. The molecule has 2 aromatic heterocycles. The van der Waals surface area contributed by atoms with Crippen molar-refractivity contribution in [2.75, 3.05) is 4.90 Å². The van der Waals surface area contributed by atoms with Crippen LogP contribution in [0.2, 0.25) is 0 Å². The number of nitrogens with zero attached hydrogens (tertiary/aromatic N) is 5. The molecule has 0 aliphatic heterocycles. The van der Waals surface area contributed by atoms with Gasteiger partial charge in [-0.1, -0.05) is 51.1 Å². The number of hydrogen-bond donors (Lipinski definition) is 0. The molecule has 0 aliphatic carbocycles. The minimum Gasteiger partial charge on any atom is -0.301 e. The summed E-state index contributed by atoms with van der Waals surface area (Å²) in [5.74, 6) is 0.999. The van der Waals surface area contributed by atoms with Gasteiger partial charge in [-0.15, -0.1) is 5.10 Å². The Kier molecular flexibility index (Phi) is 5.31. The first kappa shape index (κ1) is 20.7. The standard InChI is InChI=1S/C25H27N5O/c1-17-15-18(2)30-24(26-17)27-22(28-30)16-29(21-9-7-6-8-10-21)23(31)19-11-13-20(14-12-19)25(3,4)5/h6-15H,16H2,1-5H3. The lowest BCUT2D eigenvalue weighted by Gasteiger charge is -2.23. The van der Waals surface area contributed by atoms with Crippen LogP contribution in [0.5, 0.6) is 0 Å². The summed E-state index contributed by atoms with van der Waals surface area (Å²) in [5, 5.41) is 4.59. The van der Waals surface area contributed by atoms with E-state index < -0.39 is 0 Å². The Hall–Kier alpha value is -3.54. The number of carbonyl (C=O) groups excluding carboxylic acids is 1. The average Bonchev–Trinajstić information content (AvgIpc) is 3.14. The molecule has 0 N–H and O–H groups in total. The molecular formula is C25H27N5O. The van der Waals surface area contributed by atoms with Crippen molar-refractivity contribution in [3.05, 3.63) is 89.0 Å².